The molecule has 1 heterocycles. The lowest BCUT2D eigenvalue weighted by Gasteiger charge is -2.33. The van der Waals surface area contributed by atoms with Crippen LogP contribution >= 0.6 is 0 Å². The molecule has 2 aromatic rings. The molecule has 1 aliphatic heterocycles. The van der Waals surface area contributed by atoms with Crippen LogP contribution in [-0.2, 0) is 26.2 Å². The largest absolute Gasteiger partial charge is 0.497 e. The van der Waals surface area contributed by atoms with Crippen molar-refractivity contribution in [3.05, 3.63) is 48.0 Å². The van der Waals surface area contributed by atoms with E-state index in [1.807, 2.05) is 32.9 Å². The standard InChI is InChI=1S/C28H39N3O7S/c1-6-24(28(33)29-17-20(3)4)30(18-21-8-11-23(36-5)12-9-21)27(32)19-31(39(34,35)7-2)22-10-13-25-26(16-22)38-15-14-37-25/h8-13,16,20,24H,6-7,14-15,17-19H2,1-5H3,(H,29,33)/t24-/m1/s1. The van der Waals surface area contributed by atoms with Crippen molar-refractivity contribution in [3.63, 3.8) is 0 Å². The molecule has 0 unspecified atom stereocenters. The molecule has 1 N–H and O–H groups in total. The first kappa shape index (κ1) is 30.1. The second-order valence-electron chi connectivity index (χ2n) is 9.67. The molecule has 1 aliphatic rings. The van der Waals surface area contributed by atoms with Crippen molar-refractivity contribution in [1.82, 2.24) is 10.2 Å². The van der Waals surface area contributed by atoms with Crippen LogP contribution in [0.15, 0.2) is 42.5 Å². The number of fused-ring (bicyclic) bond motifs is 1. The number of carbonyl (C=O) groups excluding carboxylic acids is 2. The highest BCUT2D eigenvalue weighted by molar-refractivity contribution is 7.92. The van der Waals surface area contributed by atoms with E-state index in [4.69, 9.17) is 14.2 Å². The fourth-order valence-corrected chi connectivity index (χ4v) is 5.23. The third-order valence-corrected chi connectivity index (χ3v) is 8.12. The van der Waals surface area contributed by atoms with Gasteiger partial charge in [0.1, 0.15) is 31.5 Å². The fraction of sp³-hybridized carbons (Fsp3) is 0.500. The van der Waals surface area contributed by atoms with Crippen LogP contribution in [-0.4, -0.2) is 70.3 Å². The van der Waals surface area contributed by atoms with Gasteiger partial charge in [-0.05, 0) is 49.1 Å². The van der Waals surface area contributed by atoms with Crippen molar-refractivity contribution in [2.24, 2.45) is 5.92 Å². The van der Waals surface area contributed by atoms with Gasteiger partial charge in [0.15, 0.2) is 11.5 Å². The first-order chi connectivity index (χ1) is 18.6. The summed E-state index contributed by atoms with van der Waals surface area (Å²) in [6.07, 6.45) is 0.358. The summed E-state index contributed by atoms with van der Waals surface area (Å²) in [4.78, 5) is 28.6. The monoisotopic (exact) mass is 561 g/mol. The molecule has 0 saturated carbocycles. The van der Waals surface area contributed by atoms with Crippen molar-refractivity contribution in [2.45, 2.75) is 46.7 Å². The molecule has 0 fully saturated rings. The molecule has 11 heteroatoms. The number of hydrogen-bond acceptors (Lipinski definition) is 7. The van der Waals surface area contributed by atoms with Crippen molar-refractivity contribution in [1.29, 1.82) is 0 Å². The number of amides is 2. The van der Waals surface area contributed by atoms with E-state index in [9.17, 15) is 18.0 Å². The highest BCUT2D eigenvalue weighted by Gasteiger charge is 2.33. The number of methoxy groups -OCH3 is 1. The van der Waals surface area contributed by atoms with Gasteiger partial charge in [-0.15, -0.1) is 0 Å². The topological polar surface area (TPSA) is 114 Å². The van der Waals surface area contributed by atoms with Gasteiger partial charge in [-0.2, -0.15) is 0 Å². The number of nitrogens with one attached hydrogen (secondary N) is 1. The Bertz CT molecular complexity index is 1230. The van der Waals surface area contributed by atoms with Crippen LogP contribution < -0.4 is 23.8 Å². The molecule has 10 nitrogen and oxygen atoms in total. The molecule has 0 saturated heterocycles. The SMILES string of the molecule is CC[C@H](C(=O)NCC(C)C)N(Cc1ccc(OC)cc1)C(=O)CN(c1ccc2c(c1)OCCO2)S(=O)(=O)CC. The van der Waals surface area contributed by atoms with Crippen molar-refractivity contribution >= 4 is 27.5 Å². The van der Waals surface area contributed by atoms with E-state index in [2.05, 4.69) is 5.32 Å². The van der Waals surface area contributed by atoms with Gasteiger partial charge in [-0.3, -0.25) is 13.9 Å². The quantitative estimate of drug-likeness (QED) is 0.399. The van der Waals surface area contributed by atoms with Gasteiger partial charge < -0.3 is 24.4 Å². The molecule has 0 bridgehead atoms. The van der Waals surface area contributed by atoms with Crippen LogP contribution in [0, 0.1) is 5.92 Å². The summed E-state index contributed by atoms with van der Waals surface area (Å²) >= 11 is 0. The van der Waals surface area contributed by atoms with Crippen LogP contribution in [0.1, 0.15) is 39.7 Å². The normalized spacial score (nSPS) is 13.5. The molecular weight excluding hydrogens is 522 g/mol. The first-order valence-corrected chi connectivity index (χ1v) is 14.8. The Balaban J connectivity index is 1.96. The molecule has 39 heavy (non-hydrogen) atoms. The summed E-state index contributed by atoms with van der Waals surface area (Å²) in [5, 5.41) is 2.92. The Morgan fingerprint density at radius 3 is 2.28 bits per heavy atom. The molecule has 214 valence electrons. The second-order valence-corrected chi connectivity index (χ2v) is 11.8. The van der Waals surface area contributed by atoms with Crippen LogP contribution in [0.5, 0.6) is 17.2 Å². The highest BCUT2D eigenvalue weighted by atomic mass is 32.2. The van der Waals surface area contributed by atoms with Crippen molar-refractivity contribution in [3.8, 4) is 17.2 Å². The number of carbonyl (C=O) groups is 2. The van der Waals surface area contributed by atoms with Crippen molar-refractivity contribution < 1.29 is 32.2 Å². The lowest BCUT2D eigenvalue weighted by molar-refractivity contribution is -0.140. The van der Waals surface area contributed by atoms with Gasteiger partial charge in [-0.25, -0.2) is 8.42 Å². The number of rotatable bonds is 13. The Hall–Kier alpha value is -3.47. The van der Waals surface area contributed by atoms with E-state index in [1.165, 1.54) is 11.8 Å². The van der Waals surface area contributed by atoms with Crippen LogP contribution in [0.2, 0.25) is 0 Å². The third-order valence-electron chi connectivity index (χ3n) is 6.38. The Morgan fingerprint density at radius 2 is 1.69 bits per heavy atom. The summed E-state index contributed by atoms with van der Waals surface area (Å²) in [5.41, 5.74) is 1.07. The Kier molecular flexibility index (Phi) is 10.4. The molecule has 2 aromatic carbocycles. The van der Waals surface area contributed by atoms with E-state index in [-0.39, 0.29) is 29.8 Å². The van der Waals surface area contributed by atoms with Gasteiger partial charge in [-0.1, -0.05) is 32.9 Å². The average Bonchev–Trinajstić information content (AvgIpc) is 2.94. The van der Waals surface area contributed by atoms with E-state index in [0.29, 0.717) is 43.4 Å². The van der Waals surface area contributed by atoms with Crippen LogP contribution in [0.3, 0.4) is 0 Å². The zero-order chi connectivity index (χ0) is 28.6. The smallest absolute Gasteiger partial charge is 0.244 e. The molecule has 1 atom stereocenters. The molecule has 0 spiro atoms. The van der Waals surface area contributed by atoms with Gasteiger partial charge in [0.25, 0.3) is 0 Å². The molecule has 0 radical (unpaired) electrons. The lowest BCUT2D eigenvalue weighted by atomic mass is 10.1. The summed E-state index contributed by atoms with van der Waals surface area (Å²) in [6, 6.07) is 11.2. The number of hydrogen-bond donors (Lipinski definition) is 1. The number of sulfonamides is 1. The van der Waals surface area contributed by atoms with E-state index >= 15 is 0 Å². The van der Waals surface area contributed by atoms with Gasteiger partial charge in [0.2, 0.25) is 21.8 Å². The predicted octanol–water partition coefficient (Wildman–Crippen LogP) is 3.20. The van der Waals surface area contributed by atoms with Crippen molar-refractivity contribution in [2.75, 3.05) is 43.5 Å². The summed E-state index contributed by atoms with van der Waals surface area (Å²) in [6.45, 7) is 8.19. The Morgan fingerprint density at radius 1 is 1.03 bits per heavy atom. The fourth-order valence-electron chi connectivity index (χ4n) is 4.18. The Labute approximate surface area is 231 Å². The van der Waals surface area contributed by atoms with Crippen LogP contribution in [0.4, 0.5) is 5.69 Å². The number of nitrogens with zero attached hydrogens (tertiary/aromatic N) is 2. The summed E-state index contributed by atoms with van der Waals surface area (Å²) in [5.74, 6) is 0.840. The highest BCUT2D eigenvalue weighted by Crippen LogP contribution is 2.35. The molecular formula is C28H39N3O7S. The minimum absolute atomic E-state index is 0.123. The average molecular weight is 562 g/mol. The minimum atomic E-state index is -3.85. The first-order valence-electron chi connectivity index (χ1n) is 13.2. The van der Waals surface area contributed by atoms with E-state index < -0.39 is 28.5 Å². The zero-order valence-corrected chi connectivity index (χ0v) is 24.1. The van der Waals surface area contributed by atoms with E-state index in [0.717, 1.165) is 9.87 Å². The maximum Gasteiger partial charge on any atom is 0.244 e. The molecule has 0 aromatic heterocycles. The van der Waals surface area contributed by atoms with E-state index in [1.54, 1.807) is 37.4 Å². The maximum atomic E-state index is 13.9. The van der Waals surface area contributed by atoms with Gasteiger partial charge >= 0.3 is 0 Å². The third kappa shape index (κ3) is 7.78. The second kappa shape index (κ2) is 13.5. The molecule has 3 rings (SSSR count). The minimum Gasteiger partial charge on any atom is -0.497 e. The maximum absolute atomic E-state index is 13.9. The zero-order valence-electron chi connectivity index (χ0n) is 23.3. The lowest BCUT2D eigenvalue weighted by Crippen LogP contribution is -2.52. The van der Waals surface area contributed by atoms with Crippen LogP contribution in [0.25, 0.3) is 0 Å². The number of anilines is 1. The summed E-state index contributed by atoms with van der Waals surface area (Å²) < 4.78 is 43.9. The number of benzene rings is 2. The predicted molar refractivity (Wildman–Crippen MR) is 150 cm³/mol. The number of ether oxygens (including phenoxy) is 3. The summed E-state index contributed by atoms with van der Waals surface area (Å²) in [7, 11) is -2.28. The van der Waals surface area contributed by atoms with Gasteiger partial charge in [0.05, 0.1) is 18.6 Å². The van der Waals surface area contributed by atoms with Gasteiger partial charge in [0, 0.05) is 19.2 Å². The molecule has 0 aliphatic carbocycles. The molecule has 2 amide bonds.